The van der Waals surface area contributed by atoms with Crippen LogP contribution in [0, 0.1) is 0 Å². The summed E-state index contributed by atoms with van der Waals surface area (Å²) in [5, 5.41) is 5.13. The first-order valence-electron chi connectivity index (χ1n) is 8.10. The second kappa shape index (κ2) is 7.92. The first-order valence-corrected chi connectivity index (χ1v) is 9.36. The summed E-state index contributed by atoms with van der Waals surface area (Å²) in [6.45, 7) is 3.94. The predicted octanol–water partition coefficient (Wildman–Crippen LogP) is 3.20. The third-order valence-corrected chi connectivity index (χ3v) is 5.14. The molecule has 2 heterocycles. The molecular weight excluding hydrogens is 376 g/mol. The Morgan fingerprint density at radius 2 is 2.08 bits per heavy atom. The number of fused-ring (bicyclic) bond motifs is 1. The van der Waals surface area contributed by atoms with Crippen LogP contribution in [0.1, 0.15) is 20.3 Å². The Labute approximate surface area is 158 Å². The highest BCUT2D eigenvalue weighted by Gasteiger charge is 2.21. The van der Waals surface area contributed by atoms with Gasteiger partial charge >= 0.3 is 5.97 Å². The molecule has 0 fully saturated rings. The van der Waals surface area contributed by atoms with E-state index in [9.17, 15) is 9.59 Å². The Kier molecular flexibility index (Phi) is 5.63. The molecule has 0 saturated heterocycles. The van der Waals surface area contributed by atoms with Crippen molar-refractivity contribution < 1.29 is 9.53 Å². The molecule has 136 valence electrons. The van der Waals surface area contributed by atoms with E-state index in [0.717, 1.165) is 5.69 Å². The maximum Gasteiger partial charge on any atom is 0.319 e. The van der Waals surface area contributed by atoms with Gasteiger partial charge in [0.1, 0.15) is 10.6 Å². The summed E-state index contributed by atoms with van der Waals surface area (Å²) < 4.78 is 6.63. The van der Waals surface area contributed by atoms with Crippen LogP contribution in [0.4, 0.5) is 0 Å². The number of ether oxygens (including phenoxy) is 1. The minimum Gasteiger partial charge on any atom is -0.465 e. The molecule has 0 aliphatic rings. The summed E-state index contributed by atoms with van der Waals surface area (Å²) in [7, 11) is 0. The van der Waals surface area contributed by atoms with Gasteiger partial charge < -0.3 is 9.72 Å². The number of aromatic amines is 1. The lowest BCUT2D eigenvalue weighted by Crippen LogP contribution is -2.20. The molecule has 1 aromatic carbocycles. The van der Waals surface area contributed by atoms with Gasteiger partial charge in [0, 0.05) is 5.02 Å². The molecule has 1 unspecified atom stereocenters. The van der Waals surface area contributed by atoms with E-state index in [1.165, 1.54) is 18.0 Å². The number of halogens is 1. The van der Waals surface area contributed by atoms with Gasteiger partial charge in [-0.25, -0.2) is 9.67 Å². The number of nitrogens with zero attached hydrogens (tertiary/aromatic N) is 3. The Hall–Kier alpha value is -2.32. The van der Waals surface area contributed by atoms with Crippen LogP contribution in [0.5, 0.6) is 0 Å². The molecule has 1 N–H and O–H groups in total. The number of benzene rings is 1. The van der Waals surface area contributed by atoms with E-state index in [4.69, 9.17) is 16.3 Å². The molecule has 2 aromatic heterocycles. The minimum atomic E-state index is -0.442. The molecule has 0 radical (unpaired) electrons. The smallest absolute Gasteiger partial charge is 0.319 e. The van der Waals surface area contributed by atoms with E-state index >= 15 is 0 Å². The lowest BCUT2D eigenvalue weighted by Gasteiger charge is -2.12. The number of aromatic nitrogens is 4. The molecule has 3 rings (SSSR count). The van der Waals surface area contributed by atoms with Crippen molar-refractivity contribution in [2.45, 2.75) is 30.7 Å². The second-order valence-electron chi connectivity index (χ2n) is 5.41. The normalized spacial score (nSPS) is 12.3. The fourth-order valence-electron chi connectivity index (χ4n) is 2.39. The highest BCUT2D eigenvalue weighted by Crippen LogP contribution is 2.24. The van der Waals surface area contributed by atoms with Crippen LogP contribution in [-0.2, 0) is 9.53 Å². The maximum absolute atomic E-state index is 12.4. The average molecular weight is 393 g/mol. The molecule has 9 heteroatoms. The monoisotopic (exact) mass is 392 g/mol. The summed E-state index contributed by atoms with van der Waals surface area (Å²) in [4.78, 5) is 31.6. The maximum atomic E-state index is 12.4. The Morgan fingerprint density at radius 1 is 1.35 bits per heavy atom. The molecule has 7 nitrogen and oxygen atoms in total. The van der Waals surface area contributed by atoms with Gasteiger partial charge in [0.2, 0.25) is 0 Å². The summed E-state index contributed by atoms with van der Waals surface area (Å²) in [6.07, 6.45) is 2.02. The van der Waals surface area contributed by atoms with Crippen molar-refractivity contribution in [2.24, 2.45) is 0 Å². The number of carbonyl (C=O) groups is 1. The fourth-order valence-corrected chi connectivity index (χ4v) is 3.41. The van der Waals surface area contributed by atoms with Crippen LogP contribution in [0.15, 0.2) is 40.4 Å². The number of H-pyrrole nitrogens is 1. The molecule has 0 aliphatic carbocycles. The van der Waals surface area contributed by atoms with Crippen molar-refractivity contribution in [3.05, 3.63) is 45.8 Å². The zero-order valence-corrected chi connectivity index (χ0v) is 15.8. The van der Waals surface area contributed by atoms with E-state index in [0.29, 0.717) is 34.2 Å². The largest absolute Gasteiger partial charge is 0.465 e. The van der Waals surface area contributed by atoms with E-state index in [1.54, 1.807) is 35.9 Å². The highest BCUT2D eigenvalue weighted by molar-refractivity contribution is 8.00. The second-order valence-corrected chi connectivity index (χ2v) is 7.04. The van der Waals surface area contributed by atoms with Gasteiger partial charge in [-0.15, -0.1) is 0 Å². The zero-order chi connectivity index (χ0) is 18.7. The number of hydrogen-bond acceptors (Lipinski definition) is 6. The zero-order valence-electron chi connectivity index (χ0n) is 14.2. The van der Waals surface area contributed by atoms with Crippen molar-refractivity contribution in [2.75, 3.05) is 6.61 Å². The van der Waals surface area contributed by atoms with Gasteiger partial charge in [-0.05, 0) is 37.6 Å². The van der Waals surface area contributed by atoms with Gasteiger partial charge in [0.15, 0.2) is 10.8 Å². The van der Waals surface area contributed by atoms with Gasteiger partial charge in [0.25, 0.3) is 5.56 Å². The molecular formula is C17H17ClN4O3S. The van der Waals surface area contributed by atoms with E-state index < -0.39 is 5.25 Å². The molecule has 0 aliphatic heterocycles. The van der Waals surface area contributed by atoms with Crippen molar-refractivity contribution in [1.82, 2.24) is 19.7 Å². The van der Waals surface area contributed by atoms with Crippen molar-refractivity contribution in [3.8, 4) is 5.69 Å². The van der Waals surface area contributed by atoms with Crippen LogP contribution in [0.3, 0.4) is 0 Å². The first-order chi connectivity index (χ1) is 12.5. The lowest BCUT2D eigenvalue weighted by molar-refractivity contribution is -0.142. The number of thioether (sulfide) groups is 1. The van der Waals surface area contributed by atoms with E-state index in [-0.39, 0.29) is 11.5 Å². The number of carbonyl (C=O) groups excluding carboxylic acids is 1. The molecule has 0 amide bonds. The number of hydrogen-bond donors (Lipinski definition) is 1. The SMILES string of the molecule is CCOC(=O)C(CC)Sc1nc2c(cnn2-c2ccc(Cl)cc2)c(=O)[nH]1. The van der Waals surface area contributed by atoms with Gasteiger partial charge in [-0.2, -0.15) is 5.10 Å². The topological polar surface area (TPSA) is 89.9 Å². The van der Waals surface area contributed by atoms with E-state index in [1.807, 2.05) is 6.92 Å². The van der Waals surface area contributed by atoms with Crippen molar-refractivity contribution in [1.29, 1.82) is 0 Å². The van der Waals surface area contributed by atoms with Gasteiger partial charge in [-0.1, -0.05) is 30.3 Å². The molecule has 3 aromatic rings. The summed E-state index contributed by atoms with van der Waals surface area (Å²) in [6, 6.07) is 7.05. The molecule has 0 bridgehead atoms. The molecule has 0 spiro atoms. The number of nitrogens with one attached hydrogen (secondary N) is 1. The first kappa shape index (κ1) is 18.5. The number of esters is 1. The van der Waals surface area contributed by atoms with Gasteiger partial charge in [0.05, 0.1) is 18.5 Å². The Balaban J connectivity index is 2.00. The lowest BCUT2D eigenvalue weighted by atomic mass is 10.3. The standard InChI is InChI=1S/C17H17ClN4O3S/c1-3-13(16(24)25-4-2)26-17-20-14-12(15(23)21-17)9-19-22(14)11-7-5-10(18)6-8-11/h5-9,13H,3-4H2,1-2H3,(H,20,21,23). The number of rotatable bonds is 6. The quantitative estimate of drug-likeness (QED) is 0.393. The summed E-state index contributed by atoms with van der Waals surface area (Å²) in [5.41, 5.74) is 0.838. The van der Waals surface area contributed by atoms with E-state index in [2.05, 4.69) is 15.1 Å². The third kappa shape index (κ3) is 3.76. The van der Waals surface area contributed by atoms with Crippen LogP contribution < -0.4 is 5.56 Å². The predicted molar refractivity (Wildman–Crippen MR) is 101 cm³/mol. The van der Waals surface area contributed by atoms with Crippen LogP contribution in [-0.4, -0.2) is 37.6 Å². The minimum absolute atomic E-state index is 0.308. The third-order valence-electron chi connectivity index (χ3n) is 3.66. The van der Waals surface area contributed by atoms with Crippen LogP contribution >= 0.6 is 23.4 Å². The Morgan fingerprint density at radius 3 is 2.73 bits per heavy atom. The van der Waals surface area contributed by atoms with Crippen molar-refractivity contribution >= 4 is 40.4 Å². The van der Waals surface area contributed by atoms with Crippen LogP contribution in [0.25, 0.3) is 16.7 Å². The molecule has 26 heavy (non-hydrogen) atoms. The van der Waals surface area contributed by atoms with Crippen LogP contribution in [0.2, 0.25) is 5.02 Å². The van der Waals surface area contributed by atoms with Gasteiger partial charge in [-0.3, -0.25) is 9.59 Å². The Bertz CT molecular complexity index is 984. The fraction of sp³-hybridized carbons (Fsp3) is 0.294. The highest BCUT2D eigenvalue weighted by atomic mass is 35.5. The molecule has 0 saturated carbocycles. The summed E-state index contributed by atoms with van der Waals surface area (Å²) in [5.74, 6) is -0.325. The average Bonchev–Trinajstić information content (AvgIpc) is 3.05. The van der Waals surface area contributed by atoms with Crippen molar-refractivity contribution in [3.63, 3.8) is 0 Å². The summed E-state index contributed by atoms with van der Waals surface area (Å²) >= 11 is 7.09. The molecule has 1 atom stereocenters.